The predicted molar refractivity (Wildman–Crippen MR) is 90.8 cm³/mol. The first-order valence-corrected chi connectivity index (χ1v) is 10.9. The molecule has 0 saturated carbocycles. The second-order valence-electron chi connectivity index (χ2n) is 7.10. The van der Waals surface area contributed by atoms with Crippen molar-refractivity contribution in [2.75, 3.05) is 18.0 Å². The minimum atomic E-state index is -1.66. The van der Waals surface area contributed by atoms with Crippen LogP contribution in [0.15, 0.2) is 22.9 Å². The van der Waals surface area contributed by atoms with Gasteiger partial charge in [-0.1, -0.05) is 20.8 Å². The van der Waals surface area contributed by atoms with E-state index >= 15 is 0 Å². The first-order valence-electron chi connectivity index (χ1n) is 7.22. The van der Waals surface area contributed by atoms with Crippen LogP contribution in [0.4, 0.5) is 5.69 Å². The van der Waals surface area contributed by atoms with Gasteiger partial charge in [-0.3, -0.25) is 4.98 Å². The highest BCUT2D eigenvalue weighted by Crippen LogP contribution is 2.38. The molecule has 5 heteroatoms. The van der Waals surface area contributed by atoms with Gasteiger partial charge in [0, 0.05) is 23.8 Å². The molecule has 2 rings (SSSR count). The highest BCUT2D eigenvalue weighted by atomic mass is 79.9. The molecule has 0 amide bonds. The van der Waals surface area contributed by atoms with Crippen molar-refractivity contribution in [1.29, 1.82) is 0 Å². The Labute approximate surface area is 132 Å². The molecule has 1 atom stereocenters. The summed E-state index contributed by atoms with van der Waals surface area (Å²) >= 11 is 3.49. The van der Waals surface area contributed by atoms with Gasteiger partial charge >= 0.3 is 0 Å². The SMILES string of the molecule is CC(C)(C)[Si](C)(C)O[C@H]1CCN(c2cncc(Br)c2)C1. The molecule has 0 unspecified atom stereocenters. The number of anilines is 1. The molecule has 3 nitrogen and oxygen atoms in total. The molecule has 0 aliphatic carbocycles. The summed E-state index contributed by atoms with van der Waals surface area (Å²) in [6, 6.07) is 2.13. The van der Waals surface area contributed by atoms with Crippen LogP contribution in [-0.4, -0.2) is 32.5 Å². The Balaban J connectivity index is 2.00. The lowest BCUT2D eigenvalue weighted by Gasteiger charge is -2.38. The fourth-order valence-corrected chi connectivity index (χ4v) is 3.96. The number of halogens is 1. The average molecular weight is 357 g/mol. The van der Waals surface area contributed by atoms with E-state index in [1.807, 2.05) is 12.4 Å². The van der Waals surface area contributed by atoms with Crippen molar-refractivity contribution in [2.24, 2.45) is 0 Å². The summed E-state index contributed by atoms with van der Waals surface area (Å²) in [6.07, 6.45) is 5.22. The van der Waals surface area contributed by atoms with Gasteiger partial charge in [-0.15, -0.1) is 0 Å². The van der Waals surface area contributed by atoms with E-state index in [1.165, 1.54) is 5.69 Å². The molecule has 0 spiro atoms. The molecule has 1 aromatic heterocycles. The predicted octanol–water partition coefficient (Wildman–Crippen LogP) is 4.44. The molecule has 0 bridgehead atoms. The van der Waals surface area contributed by atoms with Gasteiger partial charge in [-0.2, -0.15) is 0 Å². The van der Waals surface area contributed by atoms with Crippen LogP contribution in [-0.2, 0) is 4.43 Å². The van der Waals surface area contributed by atoms with E-state index < -0.39 is 8.32 Å². The maximum atomic E-state index is 6.51. The minimum Gasteiger partial charge on any atom is -0.412 e. The molecule has 0 radical (unpaired) electrons. The van der Waals surface area contributed by atoms with E-state index in [4.69, 9.17) is 4.43 Å². The Hall–Kier alpha value is -0.393. The van der Waals surface area contributed by atoms with Crippen molar-refractivity contribution in [3.05, 3.63) is 22.9 Å². The van der Waals surface area contributed by atoms with Crippen LogP contribution in [0.25, 0.3) is 0 Å². The zero-order chi connectivity index (χ0) is 15.0. The number of aromatic nitrogens is 1. The molecular weight excluding hydrogens is 332 g/mol. The van der Waals surface area contributed by atoms with Gasteiger partial charge < -0.3 is 9.33 Å². The topological polar surface area (TPSA) is 25.4 Å². The van der Waals surface area contributed by atoms with Gasteiger partial charge in [0.2, 0.25) is 0 Å². The molecule has 20 heavy (non-hydrogen) atoms. The lowest BCUT2D eigenvalue weighted by molar-refractivity contribution is 0.202. The maximum Gasteiger partial charge on any atom is 0.192 e. The molecule has 0 aromatic carbocycles. The van der Waals surface area contributed by atoms with Crippen molar-refractivity contribution >= 4 is 29.9 Å². The summed E-state index contributed by atoms with van der Waals surface area (Å²) in [5, 5.41) is 0.276. The van der Waals surface area contributed by atoms with Crippen molar-refractivity contribution < 1.29 is 4.43 Å². The van der Waals surface area contributed by atoms with Crippen molar-refractivity contribution in [1.82, 2.24) is 4.98 Å². The van der Waals surface area contributed by atoms with E-state index in [0.717, 1.165) is 24.0 Å². The van der Waals surface area contributed by atoms with Gasteiger partial charge in [0.15, 0.2) is 8.32 Å². The van der Waals surface area contributed by atoms with E-state index in [-0.39, 0.29) is 5.04 Å². The summed E-state index contributed by atoms with van der Waals surface area (Å²) < 4.78 is 7.54. The number of pyridine rings is 1. The van der Waals surface area contributed by atoms with Crippen LogP contribution in [0.2, 0.25) is 18.1 Å². The summed E-state index contributed by atoms with van der Waals surface area (Å²) in [4.78, 5) is 6.62. The van der Waals surface area contributed by atoms with Gasteiger partial charge in [0.25, 0.3) is 0 Å². The van der Waals surface area contributed by atoms with E-state index in [0.29, 0.717) is 6.10 Å². The molecule has 1 aromatic rings. The summed E-state index contributed by atoms with van der Waals surface area (Å²) in [6.45, 7) is 13.6. The van der Waals surface area contributed by atoms with Crippen LogP contribution in [0, 0.1) is 0 Å². The molecule has 0 N–H and O–H groups in total. The monoisotopic (exact) mass is 356 g/mol. The third-order valence-electron chi connectivity index (χ3n) is 4.47. The van der Waals surface area contributed by atoms with Gasteiger partial charge in [-0.25, -0.2) is 0 Å². The minimum absolute atomic E-state index is 0.276. The molecule has 1 aliphatic heterocycles. The van der Waals surface area contributed by atoms with E-state index in [1.54, 1.807) is 0 Å². The standard InChI is InChI=1S/C15H25BrN2OSi/c1-15(2,3)20(4,5)19-14-6-7-18(11-14)13-8-12(16)9-17-10-13/h8-10,14H,6-7,11H2,1-5H3/t14-/m0/s1. The Morgan fingerprint density at radius 3 is 2.65 bits per heavy atom. The zero-order valence-electron chi connectivity index (χ0n) is 13.1. The Kier molecular flexibility index (Phi) is 4.62. The molecule has 2 heterocycles. The molecule has 1 aliphatic rings. The number of rotatable bonds is 3. The summed E-state index contributed by atoms with van der Waals surface area (Å²) in [5.74, 6) is 0. The van der Waals surface area contributed by atoms with E-state index in [9.17, 15) is 0 Å². The third kappa shape index (κ3) is 3.62. The molecule has 1 fully saturated rings. The zero-order valence-corrected chi connectivity index (χ0v) is 15.7. The number of hydrogen-bond donors (Lipinski definition) is 0. The Morgan fingerprint density at radius 2 is 2.05 bits per heavy atom. The van der Waals surface area contributed by atoms with Crippen LogP contribution < -0.4 is 4.90 Å². The lowest BCUT2D eigenvalue weighted by atomic mass is 10.2. The quantitative estimate of drug-likeness (QED) is 0.748. The van der Waals surface area contributed by atoms with Crippen LogP contribution in [0.1, 0.15) is 27.2 Å². The van der Waals surface area contributed by atoms with E-state index in [2.05, 4.69) is 65.7 Å². The number of nitrogens with zero attached hydrogens (tertiary/aromatic N) is 2. The van der Waals surface area contributed by atoms with Crippen LogP contribution in [0.3, 0.4) is 0 Å². The first kappa shape index (κ1) is 16.0. The smallest absolute Gasteiger partial charge is 0.192 e. The van der Waals surface area contributed by atoms with Gasteiger partial charge in [-0.05, 0) is 46.5 Å². The van der Waals surface area contributed by atoms with Gasteiger partial charge in [0.1, 0.15) is 0 Å². The summed E-state index contributed by atoms with van der Waals surface area (Å²) in [5.41, 5.74) is 1.18. The Morgan fingerprint density at radius 1 is 1.35 bits per heavy atom. The summed E-state index contributed by atoms with van der Waals surface area (Å²) in [7, 11) is -1.66. The Bertz CT molecular complexity index is 473. The largest absolute Gasteiger partial charge is 0.412 e. The van der Waals surface area contributed by atoms with Crippen molar-refractivity contribution in [3.8, 4) is 0 Å². The third-order valence-corrected chi connectivity index (χ3v) is 9.44. The fourth-order valence-electron chi connectivity index (χ4n) is 2.23. The molecule has 1 saturated heterocycles. The molecule has 112 valence electrons. The second kappa shape index (κ2) is 5.77. The fraction of sp³-hybridized carbons (Fsp3) is 0.667. The normalized spacial score (nSPS) is 20.5. The van der Waals surface area contributed by atoms with Crippen molar-refractivity contribution in [3.63, 3.8) is 0 Å². The lowest BCUT2D eigenvalue weighted by Crippen LogP contribution is -2.44. The number of hydrogen-bond acceptors (Lipinski definition) is 3. The van der Waals surface area contributed by atoms with Crippen LogP contribution in [0.5, 0.6) is 0 Å². The maximum absolute atomic E-state index is 6.51. The van der Waals surface area contributed by atoms with Crippen molar-refractivity contribution in [2.45, 2.75) is 51.4 Å². The van der Waals surface area contributed by atoms with Gasteiger partial charge in [0.05, 0.1) is 18.0 Å². The highest BCUT2D eigenvalue weighted by Gasteiger charge is 2.40. The highest BCUT2D eigenvalue weighted by molar-refractivity contribution is 9.10. The average Bonchev–Trinajstić information content (AvgIpc) is 2.75. The molecular formula is C15H25BrN2OSi. The first-order chi connectivity index (χ1) is 9.19. The van der Waals surface area contributed by atoms with Crippen LogP contribution >= 0.6 is 15.9 Å². The second-order valence-corrected chi connectivity index (χ2v) is 12.8.